The van der Waals surface area contributed by atoms with Crippen LogP contribution < -0.4 is 4.90 Å². The van der Waals surface area contributed by atoms with E-state index in [0.717, 1.165) is 60.5 Å². The number of fused-ring (bicyclic) bond motifs is 1. The standard InChI is InChI=1S/C26H32BrN5/c1-6-20-14-22(27)15-21(7-2)24(20)32-17(4)16(3)23-25(29-18(5)30-26(23)32)31-12-9-19(8-11-28)10-13-31/h14-15,19H,6-10,12-13H2,1-5H3. The summed E-state index contributed by atoms with van der Waals surface area (Å²) < 4.78 is 3.50. The van der Waals surface area contributed by atoms with Crippen molar-refractivity contribution in [3.8, 4) is 11.8 Å². The Hall–Kier alpha value is -2.39. The van der Waals surface area contributed by atoms with E-state index in [-0.39, 0.29) is 0 Å². The molecular formula is C26H32BrN5. The molecule has 3 aromatic rings. The summed E-state index contributed by atoms with van der Waals surface area (Å²) in [5.41, 5.74) is 7.41. The van der Waals surface area contributed by atoms with Gasteiger partial charge < -0.3 is 4.90 Å². The van der Waals surface area contributed by atoms with E-state index in [1.54, 1.807) is 0 Å². The number of aryl methyl sites for hydroxylation is 4. The van der Waals surface area contributed by atoms with Gasteiger partial charge in [-0.2, -0.15) is 5.26 Å². The maximum absolute atomic E-state index is 9.07. The third-order valence-electron chi connectivity index (χ3n) is 6.96. The fourth-order valence-electron chi connectivity index (χ4n) is 5.07. The van der Waals surface area contributed by atoms with Gasteiger partial charge in [-0.1, -0.05) is 29.8 Å². The summed E-state index contributed by atoms with van der Waals surface area (Å²) in [6, 6.07) is 6.82. The summed E-state index contributed by atoms with van der Waals surface area (Å²) in [5.74, 6) is 2.36. The summed E-state index contributed by atoms with van der Waals surface area (Å²) in [5, 5.41) is 10.2. The summed E-state index contributed by atoms with van der Waals surface area (Å²) in [6.07, 6.45) is 4.67. The topological polar surface area (TPSA) is 57.7 Å². The molecule has 0 atom stereocenters. The van der Waals surface area contributed by atoms with Crippen LogP contribution in [-0.4, -0.2) is 27.6 Å². The summed E-state index contributed by atoms with van der Waals surface area (Å²) >= 11 is 3.70. The molecule has 0 radical (unpaired) electrons. The lowest BCUT2D eigenvalue weighted by molar-refractivity contribution is 0.411. The molecule has 0 N–H and O–H groups in total. The molecule has 2 aromatic heterocycles. The number of benzene rings is 1. The zero-order valence-corrected chi connectivity index (χ0v) is 21.4. The van der Waals surface area contributed by atoms with Crippen molar-refractivity contribution in [3.63, 3.8) is 0 Å². The van der Waals surface area contributed by atoms with Crippen molar-refractivity contribution >= 4 is 32.8 Å². The Kier molecular flexibility index (Phi) is 6.57. The van der Waals surface area contributed by atoms with Crippen LogP contribution in [0.4, 0.5) is 5.82 Å². The van der Waals surface area contributed by atoms with Crippen LogP contribution in [-0.2, 0) is 12.8 Å². The van der Waals surface area contributed by atoms with E-state index in [9.17, 15) is 0 Å². The van der Waals surface area contributed by atoms with Gasteiger partial charge in [0.25, 0.3) is 0 Å². The van der Waals surface area contributed by atoms with Gasteiger partial charge in [0.15, 0.2) is 5.65 Å². The third kappa shape index (κ3) is 3.92. The van der Waals surface area contributed by atoms with Crippen LogP contribution in [0.2, 0.25) is 0 Å². The molecule has 1 aromatic carbocycles. The van der Waals surface area contributed by atoms with Gasteiger partial charge in [0, 0.05) is 29.7 Å². The Bertz CT molecular complexity index is 1170. The van der Waals surface area contributed by atoms with Gasteiger partial charge in [-0.25, -0.2) is 9.97 Å². The lowest BCUT2D eigenvalue weighted by Crippen LogP contribution is -2.34. The van der Waals surface area contributed by atoms with Crippen LogP contribution in [0, 0.1) is 38.0 Å². The van der Waals surface area contributed by atoms with Crippen molar-refractivity contribution in [2.45, 2.75) is 66.7 Å². The molecular weight excluding hydrogens is 462 g/mol. The highest BCUT2D eigenvalue weighted by molar-refractivity contribution is 9.10. The van der Waals surface area contributed by atoms with Crippen LogP contribution >= 0.6 is 15.9 Å². The van der Waals surface area contributed by atoms with E-state index in [2.05, 4.69) is 71.3 Å². The summed E-state index contributed by atoms with van der Waals surface area (Å²) in [4.78, 5) is 12.3. The second-order valence-electron chi connectivity index (χ2n) is 8.91. The molecule has 168 valence electrons. The van der Waals surface area contributed by atoms with E-state index in [1.807, 2.05) is 6.92 Å². The van der Waals surface area contributed by atoms with Crippen molar-refractivity contribution in [1.82, 2.24) is 14.5 Å². The number of hydrogen-bond donors (Lipinski definition) is 0. The van der Waals surface area contributed by atoms with Gasteiger partial charge in [-0.05, 0) is 81.2 Å². The fourth-order valence-corrected chi connectivity index (χ4v) is 5.62. The maximum atomic E-state index is 9.07. The number of piperidine rings is 1. The summed E-state index contributed by atoms with van der Waals surface area (Å²) in [6.45, 7) is 12.7. The monoisotopic (exact) mass is 493 g/mol. The average molecular weight is 494 g/mol. The molecule has 0 aliphatic carbocycles. The molecule has 1 aliphatic rings. The van der Waals surface area contributed by atoms with Crippen molar-refractivity contribution in [3.05, 3.63) is 44.8 Å². The molecule has 3 heterocycles. The van der Waals surface area contributed by atoms with E-state index in [0.29, 0.717) is 12.3 Å². The smallest absolute Gasteiger partial charge is 0.150 e. The molecule has 0 bridgehead atoms. The Labute approximate surface area is 199 Å². The van der Waals surface area contributed by atoms with Gasteiger partial charge in [0.1, 0.15) is 11.6 Å². The van der Waals surface area contributed by atoms with Crippen molar-refractivity contribution in [1.29, 1.82) is 5.26 Å². The lowest BCUT2D eigenvalue weighted by Gasteiger charge is -2.32. The number of hydrogen-bond acceptors (Lipinski definition) is 4. The highest BCUT2D eigenvalue weighted by atomic mass is 79.9. The number of aromatic nitrogens is 3. The molecule has 1 saturated heterocycles. The third-order valence-corrected chi connectivity index (χ3v) is 7.42. The average Bonchev–Trinajstić information content (AvgIpc) is 3.03. The number of rotatable bonds is 5. The predicted octanol–water partition coefficient (Wildman–Crippen LogP) is 6.36. The maximum Gasteiger partial charge on any atom is 0.150 e. The zero-order chi connectivity index (χ0) is 23.0. The molecule has 0 unspecified atom stereocenters. The zero-order valence-electron chi connectivity index (χ0n) is 19.8. The van der Waals surface area contributed by atoms with Crippen LogP contribution in [0.3, 0.4) is 0 Å². The number of halogens is 1. The molecule has 0 amide bonds. The molecule has 4 rings (SSSR count). The van der Waals surface area contributed by atoms with Crippen LogP contribution in [0.15, 0.2) is 16.6 Å². The second kappa shape index (κ2) is 9.23. The van der Waals surface area contributed by atoms with Gasteiger partial charge in [0.05, 0.1) is 17.1 Å². The molecule has 1 fully saturated rings. The molecule has 5 nitrogen and oxygen atoms in total. The first-order chi connectivity index (χ1) is 15.4. The van der Waals surface area contributed by atoms with Crippen molar-refractivity contribution in [2.75, 3.05) is 18.0 Å². The Balaban J connectivity index is 1.92. The van der Waals surface area contributed by atoms with E-state index in [1.165, 1.54) is 33.5 Å². The minimum atomic E-state index is 0.504. The molecule has 0 saturated carbocycles. The van der Waals surface area contributed by atoms with Gasteiger partial charge in [0.2, 0.25) is 0 Å². The van der Waals surface area contributed by atoms with Crippen LogP contribution in [0.5, 0.6) is 0 Å². The number of nitriles is 1. The minimum Gasteiger partial charge on any atom is -0.356 e. The SMILES string of the molecule is CCc1cc(Br)cc(CC)c1-n1c(C)c(C)c2c(N3CCC(CC#N)CC3)nc(C)nc21. The molecule has 1 aliphatic heterocycles. The number of anilines is 1. The minimum absolute atomic E-state index is 0.504. The van der Waals surface area contributed by atoms with Crippen molar-refractivity contribution < 1.29 is 0 Å². The quantitative estimate of drug-likeness (QED) is 0.414. The van der Waals surface area contributed by atoms with Crippen molar-refractivity contribution in [2.24, 2.45) is 5.92 Å². The predicted molar refractivity (Wildman–Crippen MR) is 135 cm³/mol. The first kappa shape index (κ1) is 22.8. The number of nitrogens with zero attached hydrogens (tertiary/aromatic N) is 5. The fraction of sp³-hybridized carbons (Fsp3) is 0.500. The Morgan fingerprint density at radius 1 is 1.06 bits per heavy atom. The van der Waals surface area contributed by atoms with Crippen LogP contribution in [0.25, 0.3) is 16.7 Å². The van der Waals surface area contributed by atoms with E-state index >= 15 is 0 Å². The first-order valence-corrected chi connectivity index (χ1v) is 12.5. The Morgan fingerprint density at radius 3 is 2.25 bits per heavy atom. The van der Waals surface area contributed by atoms with Gasteiger partial charge >= 0.3 is 0 Å². The van der Waals surface area contributed by atoms with Gasteiger partial charge in [-0.15, -0.1) is 0 Å². The largest absolute Gasteiger partial charge is 0.356 e. The lowest BCUT2D eigenvalue weighted by atomic mass is 9.94. The molecule has 0 spiro atoms. The van der Waals surface area contributed by atoms with Crippen LogP contribution in [0.1, 0.15) is 61.3 Å². The van der Waals surface area contributed by atoms with E-state index in [4.69, 9.17) is 15.2 Å². The normalized spacial score (nSPS) is 14.8. The molecule has 32 heavy (non-hydrogen) atoms. The highest BCUT2D eigenvalue weighted by Crippen LogP contribution is 2.38. The highest BCUT2D eigenvalue weighted by Gasteiger charge is 2.26. The van der Waals surface area contributed by atoms with E-state index < -0.39 is 0 Å². The molecule has 6 heteroatoms. The van der Waals surface area contributed by atoms with Gasteiger partial charge in [-0.3, -0.25) is 4.57 Å². The second-order valence-corrected chi connectivity index (χ2v) is 9.83. The Morgan fingerprint density at radius 2 is 1.69 bits per heavy atom. The first-order valence-electron chi connectivity index (χ1n) is 11.7. The summed E-state index contributed by atoms with van der Waals surface area (Å²) in [7, 11) is 0.